The van der Waals surface area contributed by atoms with Gasteiger partial charge in [0.1, 0.15) is 5.82 Å². The van der Waals surface area contributed by atoms with Crippen molar-refractivity contribution in [1.29, 1.82) is 0 Å². The lowest BCUT2D eigenvalue weighted by Gasteiger charge is -2.10. The molecule has 6 nitrogen and oxygen atoms in total. The van der Waals surface area contributed by atoms with Crippen LogP contribution in [0.5, 0.6) is 0 Å². The number of halogens is 1. The molecule has 0 bridgehead atoms. The lowest BCUT2D eigenvalue weighted by molar-refractivity contribution is 0.711. The number of rotatable bonds is 7. The first-order valence-corrected chi connectivity index (χ1v) is 7.47. The van der Waals surface area contributed by atoms with Gasteiger partial charge in [-0.25, -0.2) is 4.98 Å². The first-order chi connectivity index (χ1) is 9.70. The Morgan fingerprint density at radius 2 is 2.15 bits per heavy atom. The third-order valence-corrected chi connectivity index (χ3v) is 3.45. The number of aromatic nitrogens is 4. The lowest BCUT2D eigenvalue weighted by Crippen LogP contribution is -2.11. The van der Waals surface area contributed by atoms with Crippen molar-refractivity contribution < 1.29 is 0 Å². The van der Waals surface area contributed by atoms with E-state index in [0.717, 1.165) is 36.2 Å². The van der Waals surface area contributed by atoms with E-state index in [1.165, 1.54) is 5.69 Å². The Hall–Kier alpha value is -1.63. The number of anilines is 2. The van der Waals surface area contributed by atoms with Gasteiger partial charge in [0.25, 0.3) is 0 Å². The van der Waals surface area contributed by atoms with Gasteiger partial charge in [-0.15, -0.1) is 0 Å². The van der Waals surface area contributed by atoms with E-state index < -0.39 is 0 Å². The molecule has 0 saturated heterocycles. The Morgan fingerprint density at radius 3 is 2.85 bits per heavy atom. The fraction of sp³-hybridized carbons (Fsp3) is 0.462. The van der Waals surface area contributed by atoms with Crippen molar-refractivity contribution in [3.63, 3.8) is 0 Å². The van der Waals surface area contributed by atoms with Crippen LogP contribution in [0.1, 0.15) is 19.0 Å². The van der Waals surface area contributed by atoms with Gasteiger partial charge >= 0.3 is 0 Å². The van der Waals surface area contributed by atoms with Crippen LogP contribution in [0.15, 0.2) is 22.9 Å². The maximum absolute atomic E-state index is 4.45. The smallest absolute Gasteiger partial charge is 0.224 e. The zero-order valence-electron chi connectivity index (χ0n) is 11.7. The number of hydrogen-bond donors (Lipinski definition) is 2. The second-order valence-corrected chi connectivity index (χ2v) is 5.29. The molecular weight excluding hydrogens is 320 g/mol. The molecule has 0 aliphatic carbocycles. The molecule has 0 amide bonds. The largest absolute Gasteiger partial charge is 0.369 e. The van der Waals surface area contributed by atoms with Crippen molar-refractivity contribution >= 4 is 27.7 Å². The van der Waals surface area contributed by atoms with E-state index in [1.807, 2.05) is 24.0 Å². The number of hydrogen-bond acceptors (Lipinski definition) is 5. The van der Waals surface area contributed by atoms with Crippen molar-refractivity contribution in [1.82, 2.24) is 19.7 Å². The lowest BCUT2D eigenvalue weighted by atomic mass is 10.3. The third-order valence-electron chi connectivity index (χ3n) is 2.87. The summed E-state index contributed by atoms with van der Waals surface area (Å²) in [6, 6.07) is 2.02. The average molecular weight is 339 g/mol. The summed E-state index contributed by atoms with van der Waals surface area (Å²) in [6.07, 6.45) is 5.51. The topological polar surface area (TPSA) is 67.7 Å². The van der Waals surface area contributed by atoms with E-state index in [1.54, 1.807) is 6.20 Å². The van der Waals surface area contributed by atoms with Crippen LogP contribution in [0, 0.1) is 0 Å². The van der Waals surface area contributed by atoms with Gasteiger partial charge in [-0.1, -0.05) is 6.92 Å². The Bertz CT molecular complexity index is 554. The molecule has 20 heavy (non-hydrogen) atoms. The van der Waals surface area contributed by atoms with Crippen LogP contribution in [0.4, 0.5) is 11.8 Å². The van der Waals surface area contributed by atoms with Gasteiger partial charge in [-0.3, -0.25) is 4.68 Å². The minimum Gasteiger partial charge on any atom is -0.369 e. The molecule has 7 heteroatoms. The van der Waals surface area contributed by atoms with Crippen molar-refractivity contribution in [2.24, 2.45) is 7.05 Å². The molecule has 0 radical (unpaired) electrons. The molecule has 2 heterocycles. The Labute approximate surface area is 127 Å². The normalized spacial score (nSPS) is 10.6. The molecule has 0 aliphatic rings. The molecular formula is C13H19BrN6. The van der Waals surface area contributed by atoms with Crippen LogP contribution in [0.2, 0.25) is 0 Å². The minimum atomic E-state index is 0.651. The van der Waals surface area contributed by atoms with Gasteiger partial charge in [0.05, 0.1) is 4.47 Å². The first kappa shape index (κ1) is 14.8. The van der Waals surface area contributed by atoms with Crippen molar-refractivity contribution in [3.05, 3.63) is 28.6 Å². The van der Waals surface area contributed by atoms with Crippen LogP contribution in [-0.2, 0) is 13.5 Å². The summed E-state index contributed by atoms with van der Waals surface area (Å²) < 4.78 is 2.75. The zero-order chi connectivity index (χ0) is 14.4. The minimum absolute atomic E-state index is 0.651. The molecule has 2 N–H and O–H groups in total. The Kier molecular flexibility index (Phi) is 5.34. The predicted octanol–water partition coefficient (Wildman–Crippen LogP) is 2.45. The maximum Gasteiger partial charge on any atom is 0.224 e. The summed E-state index contributed by atoms with van der Waals surface area (Å²) in [6.45, 7) is 3.78. The summed E-state index contributed by atoms with van der Waals surface area (Å²) in [4.78, 5) is 8.67. The second-order valence-electron chi connectivity index (χ2n) is 4.44. The molecule has 2 aromatic heterocycles. The second kappa shape index (κ2) is 7.23. The van der Waals surface area contributed by atoms with Gasteiger partial charge in [-0.2, -0.15) is 10.1 Å². The molecule has 0 spiro atoms. The molecule has 0 fully saturated rings. The molecule has 0 aliphatic heterocycles. The summed E-state index contributed by atoms with van der Waals surface area (Å²) in [5.41, 5.74) is 1.19. The molecule has 0 unspecified atom stereocenters. The standard InChI is InChI=1S/C13H19BrN6/c1-3-6-16-13-17-9-11(14)12(19-13)15-7-4-10-5-8-18-20(10)2/h5,8-9H,3-4,6-7H2,1-2H3,(H2,15,16,17,19). The van der Waals surface area contributed by atoms with Crippen LogP contribution >= 0.6 is 15.9 Å². The van der Waals surface area contributed by atoms with Crippen LogP contribution in [0.25, 0.3) is 0 Å². The van der Waals surface area contributed by atoms with E-state index in [2.05, 4.69) is 48.6 Å². The third kappa shape index (κ3) is 3.93. The van der Waals surface area contributed by atoms with Gasteiger partial charge in [0.2, 0.25) is 5.95 Å². The van der Waals surface area contributed by atoms with Crippen LogP contribution in [0.3, 0.4) is 0 Å². The van der Waals surface area contributed by atoms with Crippen molar-refractivity contribution in [2.75, 3.05) is 23.7 Å². The Balaban J connectivity index is 1.92. The fourth-order valence-electron chi connectivity index (χ4n) is 1.77. The van der Waals surface area contributed by atoms with Gasteiger partial charge < -0.3 is 10.6 Å². The number of aryl methyl sites for hydroxylation is 1. The van der Waals surface area contributed by atoms with Crippen molar-refractivity contribution in [3.8, 4) is 0 Å². The summed E-state index contributed by atoms with van der Waals surface area (Å²) in [5.74, 6) is 1.46. The highest BCUT2D eigenvalue weighted by Gasteiger charge is 2.05. The SMILES string of the molecule is CCCNc1ncc(Br)c(NCCc2ccnn2C)n1. The fourth-order valence-corrected chi connectivity index (χ4v) is 2.10. The van der Waals surface area contributed by atoms with E-state index in [0.29, 0.717) is 5.95 Å². The van der Waals surface area contributed by atoms with Crippen molar-refractivity contribution in [2.45, 2.75) is 19.8 Å². The van der Waals surface area contributed by atoms with Gasteiger partial charge in [0, 0.05) is 44.6 Å². The predicted molar refractivity (Wildman–Crippen MR) is 83.9 cm³/mol. The molecule has 0 atom stereocenters. The highest BCUT2D eigenvalue weighted by Crippen LogP contribution is 2.20. The summed E-state index contributed by atoms with van der Waals surface area (Å²) >= 11 is 3.46. The van der Waals surface area contributed by atoms with E-state index in [9.17, 15) is 0 Å². The monoisotopic (exact) mass is 338 g/mol. The van der Waals surface area contributed by atoms with Gasteiger partial charge in [0.15, 0.2) is 0 Å². The molecule has 108 valence electrons. The molecule has 0 aromatic carbocycles. The number of nitrogens with zero attached hydrogens (tertiary/aromatic N) is 4. The highest BCUT2D eigenvalue weighted by molar-refractivity contribution is 9.10. The number of nitrogens with one attached hydrogen (secondary N) is 2. The van der Waals surface area contributed by atoms with E-state index in [4.69, 9.17) is 0 Å². The zero-order valence-corrected chi connectivity index (χ0v) is 13.3. The average Bonchev–Trinajstić information content (AvgIpc) is 2.85. The first-order valence-electron chi connectivity index (χ1n) is 6.68. The highest BCUT2D eigenvalue weighted by atomic mass is 79.9. The molecule has 0 saturated carbocycles. The summed E-state index contributed by atoms with van der Waals surface area (Å²) in [7, 11) is 1.95. The van der Waals surface area contributed by atoms with Gasteiger partial charge in [-0.05, 0) is 28.4 Å². The molecule has 2 aromatic rings. The molecule has 2 rings (SSSR count). The van der Waals surface area contributed by atoms with Crippen LogP contribution < -0.4 is 10.6 Å². The van der Waals surface area contributed by atoms with E-state index in [-0.39, 0.29) is 0 Å². The quantitative estimate of drug-likeness (QED) is 0.811. The van der Waals surface area contributed by atoms with Crippen LogP contribution in [-0.4, -0.2) is 32.8 Å². The Morgan fingerprint density at radius 1 is 1.30 bits per heavy atom. The van der Waals surface area contributed by atoms with E-state index >= 15 is 0 Å². The summed E-state index contributed by atoms with van der Waals surface area (Å²) in [5, 5.41) is 10.6. The maximum atomic E-state index is 4.45.